The standard InChI is InChI=1S/C14H24N2O2/c1-10(2)6-14(3,4)9-16-13(17)11-5-12(7-15)18-8-11/h5,8,10H,6-7,9,15H2,1-4H3,(H,16,17). The number of hydrogen-bond donors (Lipinski definition) is 2. The molecule has 1 aromatic rings. The van der Waals surface area contributed by atoms with Crippen LogP contribution < -0.4 is 11.1 Å². The van der Waals surface area contributed by atoms with E-state index in [1.165, 1.54) is 6.26 Å². The van der Waals surface area contributed by atoms with E-state index in [0.717, 1.165) is 6.42 Å². The monoisotopic (exact) mass is 252 g/mol. The maximum absolute atomic E-state index is 11.9. The molecule has 1 heterocycles. The van der Waals surface area contributed by atoms with Crippen molar-refractivity contribution in [2.24, 2.45) is 17.1 Å². The smallest absolute Gasteiger partial charge is 0.254 e. The summed E-state index contributed by atoms with van der Waals surface area (Å²) in [5, 5.41) is 2.94. The van der Waals surface area contributed by atoms with Crippen LogP contribution in [-0.2, 0) is 6.54 Å². The first kappa shape index (κ1) is 14.8. The minimum Gasteiger partial charge on any atom is -0.467 e. The maximum atomic E-state index is 11.9. The van der Waals surface area contributed by atoms with Crippen molar-refractivity contribution in [1.82, 2.24) is 5.32 Å². The quantitative estimate of drug-likeness (QED) is 0.817. The summed E-state index contributed by atoms with van der Waals surface area (Å²) >= 11 is 0. The topological polar surface area (TPSA) is 68.3 Å². The fourth-order valence-corrected chi connectivity index (χ4v) is 2.21. The molecule has 18 heavy (non-hydrogen) atoms. The van der Waals surface area contributed by atoms with Crippen LogP contribution in [0.25, 0.3) is 0 Å². The van der Waals surface area contributed by atoms with E-state index >= 15 is 0 Å². The van der Waals surface area contributed by atoms with E-state index in [1.54, 1.807) is 6.07 Å². The largest absolute Gasteiger partial charge is 0.467 e. The van der Waals surface area contributed by atoms with Crippen LogP contribution >= 0.6 is 0 Å². The normalized spacial score (nSPS) is 11.9. The first-order chi connectivity index (χ1) is 8.34. The lowest BCUT2D eigenvalue weighted by molar-refractivity contribution is 0.0931. The van der Waals surface area contributed by atoms with Crippen LogP contribution in [0, 0.1) is 11.3 Å². The molecule has 1 amide bonds. The van der Waals surface area contributed by atoms with Gasteiger partial charge in [0.2, 0.25) is 0 Å². The minimum atomic E-state index is -0.102. The van der Waals surface area contributed by atoms with Gasteiger partial charge in [-0.3, -0.25) is 4.79 Å². The zero-order valence-corrected chi connectivity index (χ0v) is 11.7. The highest BCUT2D eigenvalue weighted by Crippen LogP contribution is 2.24. The van der Waals surface area contributed by atoms with Crippen molar-refractivity contribution >= 4 is 5.91 Å². The molecule has 4 nitrogen and oxygen atoms in total. The van der Waals surface area contributed by atoms with E-state index in [-0.39, 0.29) is 11.3 Å². The number of hydrogen-bond acceptors (Lipinski definition) is 3. The molecule has 0 saturated heterocycles. The lowest BCUT2D eigenvalue weighted by Gasteiger charge is -2.26. The summed E-state index contributed by atoms with van der Waals surface area (Å²) in [7, 11) is 0. The van der Waals surface area contributed by atoms with Gasteiger partial charge in [0, 0.05) is 6.54 Å². The van der Waals surface area contributed by atoms with Crippen LogP contribution in [0.3, 0.4) is 0 Å². The molecule has 1 rings (SSSR count). The Balaban J connectivity index is 2.50. The van der Waals surface area contributed by atoms with E-state index in [4.69, 9.17) is 10.2 Å². The van der Waals surface area contributed by atoms with Crippen LogP contribution in [0.4, 0.5) is 0 Å². The fourth-order valence-electron chi connectivity index (χ4n) is 2.21. The number of amides is 1. The average molecular weight is 252 g/mol. The number of rotatable bonds is 6. The number of furan rings is 1. The Bertz CT molecular complexity index is 394. The molecule has 0 saturated carbocycles. The van der Waals surface area contributed by atoms with Gasteiger partial charge in [0.25, 0.3) is 5.91 Å². The van der Waals surface area contributed by atoms with Crippen molar-refractivity contribution in [2.75, 3.05) is 6.54 Å². The highest BCUT2D eigenvalue weighted by Gasteiger charge is 2.21. The first-order valence-corrected chi connectivity index (χ1v) is 6.40. The van der Waals surface area contributed by atoms with Gasteiger partial charge in [0.1, 0.15) is 12.0 Å². The number of nitrogens with two attached hydrogens (primary N) is 1. The summed E-state index contributed by atoms with van der Waals surface area (Å²) < 4.78 is 5.15. The number of nitrogens with one attached hydrogen (secondary N) is 1. The lowest BCUT2D eigenvalue weighted by Crippen LogP contribution is -2.34. The molecule has 1 aromatic heterocycles. The Hall–Kier alpha value is -1.29. The summed E-state index contributed by atoms with van der Waals surface area (Å²) in [6, 6.07) is 1.69. The minimum absolute atomic E-state index is 0.101. The van der Waals surface area contributed by atoms with Crippen molar-refractivity contribution in [3.63, 3.8) is 0 Å². The van der Waals surface area contributed by atoms with Gasteiger partial charge in [-0.1, -0.05) is 27.7 Å². The van der Waals surface area contributed by atoms with Crippen molar-refractivity contribution in [2.45, 2.75) is 40.7 Å². The van der Waals surface area contributed by atoms with E-state index in [1.807, 2.05) is 0 Å². The van der Waals surface area contributed by atoms with Gasteiger partial charge in [-0.2, -0.15) is 0 Å². The molecule has 0 aliphatic rings. The Morgan fingerprint density at radius 3 is 2.67 bits per heavy atom. The van der Waals surface area contributed by atoms with Gasteiger partial charge >= 0.3 is 0 Å². The first-order valence-electron chi connectivity index (χ1n) is 6.40. The van der Waals surface area contributed by atoms with Gasteiger partial charge in [-0.15, -0.1) is 0 Å². The van der Waals surface area contributed by atoms with E-state index in [9.17, 15) is 4.79 Å². The molecular formula is C14H24N2O2. The second-order valence-corrected chi connectivity index (χ2v) is 5.95. The predicted molar refractivity (Wildman–Crippen MR) is 72.2 cm³/mol. The molecule has 0 aliphatic carbocycles. The second-order valence-electron chi connectivity index (χ2n) is 5.95. The zero-order valence-electron chi connectivity index (χ0n) is 11.7. The van der Waals surface area contributed by atoms with Gasteiger partial charge < -0.3 is 15.5 Å². The third kappa shape index (κ3) is 4.53. The Kier molecular flexibility index (Phi) is 4.96. The fraction of sp³-hybridized carbons (Fsp3) is 0.643. The zero-order chi connectivity index (χ0) is 13.8. The SMILES string of the molecule is CC(C)CC(C)(C)CNC(=O)c1coc(CN)c1. The molecule has 0 radical (unpaired) electrons. The van der Waals surface area contributed by atoms with Crippen molar-refractivity contribution in [3.8, 4) is 0 Å². The average Bonchev–Trinajstić information content (AvgIpc) is 2.72. The van der Waals surface area contributed by atoms with Crippen LogP contribution in [0.15, 0.2) is 16.7 Å². The summed E-state index contributed by atoms with van der Waals surface area (Å²) in [5.74, 6) is 1.14. The summed E-state index contributed by atoms with van der Waals surface area (Å²) in [6.07, 6.45) is 2.53. The Morgan fingerprint density at radius 2 is 2.17 bits per heavy atom. The van der Waals surface area contributed by atoms with Crippen molar-refractivity contribution in [3.05, 3.63) is 23.7 Å². The molecular weight excluding hydrogens is 228 g/mol. The van der Waals surface area contributed by atoms with Crippen molar-refractivity contribution in [1.29, 1.82) is 0 Å². The summed E-state index contributed by atoms with van der Waals surface area (Å²) in [6.45, 7) is 9.67. The third-order valence-electron chi connectivity index (χ3n) is 2.81. The summed E-state index contributed by atoms with van der Waals surface area (Å²) in [4.78, 5) is 11.9. The molecule has 0 bridgehead atoms. The van der Waals surface area contributed by atoms with Gasteiger partial charge in [0.15, 0.2) is 0 Å². The molecule has 3 N–H and O–H groups in total. The molecule has 0 unspecified atom stereocenters. The Labute approximate surface area is 109 Å². The van der Waals surface area contributed by atoms with Crippen molar-refractivity contribution < 1.29 is 9.21 Å². The molecule has 102 valence electrons. The van der Waals surface area contributed by atoms with Gasteiger partial charge in [-0.05, 0) is 23.8 Å². The second kappa shape index (κ2) is 6.05. The van der Waals surface area contributed by atoms with Crippen LogP contribution in [0.1, 0.15) is 50.2 Å². The molecule has 0 spiro atoms. The van der Waals surface area contributed by atoms with Crippen LogP contribution in [0.5, 0.6) is 0 Å². The van der Waals surface area contributed by atoms with Crippen LogP contribution in [0.2, 0.25) is 0 Å². The molecule has 0 atom stereocenters. The number of carbonyl (C=O) groups excluding carboxylic acids is 1. The molecule has 0 aliphatic heterocycles. The highest BCUT2D eigenvalue weighted by molar-refractivity contribution is 5.93. The van der Waals surface area contributed by atoms with Gasteiger partial charge in [-0.25, -0.2) is 0 Å². The Morgan fingerprint density at radius 1 is 1.50 bits per heavy atom. The van der Waals surface area contributed by atoms with Gasteiger partial charge in [0.05, 0.1) is 12.1 Å². The van der Waals surface area contributed by atoms with E-state index < -0.39 is 0 Å². The molecule has 4 heteroatoms. The molecule has 0 fully saturated rings. The molecule has 0 aromatic carbocycles. The lowest BCUT2D eigenvalue weighted by atomic mass is 9.84. The highest BCUT2D eigenvalue weighted by atomic mass is 16.3. The van der Waals surface area contributed by atoms with E-state index in [0.29, 0.717) is 30.3 Å². The van der Waals surface area contributed by atoms with Crippen LogP contribution in [-0.4, -0.2) is 12.5 Å². The summed E-state index contributed by atoms with van der Waals surface area (Å²) in [5.41, 5.74) is 6.08. The predicted octanol–water partition coefficient (Wildman–Crippen LogP) is 2.54. The van der Waals surface area contributed by atoms with E-state index in [2.05, 4.69) is 33.0 Å². The third-order valence-corrected chi connectivity index (χ3v) is 2.81. The number of carbonyl (C=O) groups is 1. The maximum Gasteiger partial charge on any atom is 0.254 e.